The van der Waals surface area contributed by atoms with Crippen LogP contribution in [0.4, 0.5) is 11.4 Å². The van der Waals surface area contributed by atoms with E-state index in [0.29, 0.717) is 37.2 Å². The number of nitrogens with zero attached hydrogens (tertiary/aromatic N) is 2. The van der Waals surface area contributed by atoms with Gasteiger partial charge in [0.25, 0.3) is 5.69 Å². The Morgan fingerprint density at radius 2 is 1.95 bits per heavy atom. The summed E-state index contributed by atoms with van der Waals surface area (Å²) in [4.78, 5) is 34.7. The Morgan fingerprint density at radius 3 is 2.43 bits per heavy atom. The summed E-state index contributed by atoms with van der Waals surface area (Å²) in [6.07, 6.45) is 0.919. The van der Waals surface area contributed by atoms with E-state index in [-0.39, 0.29) is 11.5 Å². The summed E-state index contributed by atoms with van der Waals surface area (Å²) in [6, 6.07) is 4.41. The first-order chi connectivity index (χ1) is 9.90. The third-order valence-corrected chi connectivity index (χ3v) is 3.76. The van der Waals surface area contributed by atoms with Gasteiger partial charge < -0.3 is 10.0 Å². The molecule has 0 saturated carbocycles. The van der Waals surface area contributed by atoms with E-state index in [9.17, 15) is 19.7 Å². The maximum atomic E-state index is 11.3. The summed E-state index contributed by atoms with van der Waals surface area (Å²) in [6.45, 7) is 2.27. The fraction of sp³-hybridized carbons (Fsp3) is 0.429. The molecule has 7 nitrogen and oxygen atoms in total. The lowest BCUT2D eigenvalue weighted by Crippen LogP contribution is -2.36. The summed E-state index contributed by atoms with van der Waals surface area (Å²) < 4.78 is 0. The topological polar surface area (TPSA) is 101 Å². The molecule has 0 unspecified atom stereocenters. The highest BCUT2D eigenvalue weighted by molar-refractivity contribution is 5.95. The third kappa shape index (κ3) is 3.18. The van der Waals surface area contributed by atoms with Crippen LogP contribution in [-0.4, -0.2) is 34.9 Å². The van der Waals surface area contributed by atoms with E-state index < -0.39 is 16.8 Å². The summed E-state index contributed by atoms with van der Waals surface area (Å²) in [5, 5.41) is 20.2. The second-order valence-electron chi connectivity index (χ2n) is 5.12. The van der Waals surface area contributed by atoms with Gasteiger partial charge in [-0.3, -0.25) is 19.7 Å². The molecule has 0 aromatic heterocycles. The summed E-state index contributed by atoms with van der Waals surface area (Å²) in [5.74, 6) is -1.44. The van der Waals surface area contributed by atoms with E-state index in [1.165, 1.54) is 13.0 Å². The van der Waals surface area contributed by atoms with Crippen LogP contribution in [0.3, 0.4) is 0 Å². The number of carbonyl (C=O) groups excluding carboxylic acids is 1. The third-order valence-electron chi connectivity index (χ3n) is 3.76. The minimum absolute atomic E-state index is 0.114. The largest absolute Gasteiger partial charge is 0.481 e. The molecule has 21 heavy (non-hydrogen) atoms. The zero-order chi connectivity index (χ0) is 15.6. The van der Waals surface area contributed by atoms with Gasteiger partial charge in [0.1, 0.15) is 5.69 Å². The molecule has 2 rings (SSSR count). The van der Waals surface area contributed by atoms with Crippen molar-refractivity contribution >= 4 is 23.1 Å². The highest BCUT2D eigenvalue weighted by atomic mass is 16.6. The molecule has 1 aromatic rings. The van der Waals surface area contributed by atoms with Crippen molar-refractivity contribution in [1.29, 1.82) is 0 Å². The number of nitro benzene ring substituents is 1. The van der Waals surface area contributed by atoms with Crippen LogP contribution >= 0.6 is 0 Å². The zero-order valence-electron chi connectivity index (χ0n) is 11.6. The summed E-state index contributed by atoms with van der Waals surface area (Å²) >= 11 is 0. The van der Waals surface area contributed by atoms with Gasteiger partial charge in [-0.2, -0.15) is 0 Å². The van der Waals surface area contributed by atoms with E-state index in [2.05, 4.69) is 0 Å². The number of anilines is 1. The first kappa shape index (κ1) is 15.0. The smallest absolute Gasteiger partial charge is 0.306 e. The van der Waals surface area contributed by atoms with Gasteiger partial charge in [-0.1, -0.05) is 0 Å². The van der Waals surface area contributed by atoms with Crippen LogP contribution in [-0.2, 0) is 4.79 Å². The molecule has 0 amide bonds. The SMILES string of the molecule is CC(=O)c1ccc(N2CCC(C(=O)O)CC2)c([N+](=O)[O-])c1. The summed E-state index contributed by atoms with van der Waals surface area (Å²) in [5.41, 5.74) is 0.621. The molecule has 1 fully saturated rings. The Morgan fingerprint density at radius 1 is 1.33 bits per heavy atom. The molecule has 0 bridgehead atoms. The lowest BCUT2D eigenvalue weighted by molar-refractivity contribution is -0.384. The van der Waals surface area contributed by atoms with Crippen molar-refractivity contribution in [3.8, 4) is 0 Å². The number of benzene rings is 1. The minimum Gasteiger partial charge on any atom is -0.481 e. The lowest BCUT2D eigenvalue weighted by Gasteiger charge is -2.31. The van der Waals surface area contributed by atoms with E-state index in [0.717, 1.165) is 0 Å². The number of nitro groups is 1. The van der Waals surface area contributed by atoms with Gasteiger partial charge in [0.2, 0.25) is 0 Å². The fourth-order valence-corrected chi connectivity index (χ4v) is 2.52. The Balaban J connectivity index is 2.26. The molecular weight excluding hydrogens is 276 g/mol. The number of hydrogen-bond acceptors (Lipinski definition) is 5. The number of carboxylic acid groups (broad SMARTS) is 1. The Bertz CT molecular complexity index is 591. The number of hydrogen-bond donors (Lipinski definition) is 1. The quantitative estimate of drug-likeness (QED) is 0.518. The molecule has 0 aliphatic carbocycles. The Kier molecular flexibility index (Phi) is 4.21. The predicted octanol–water partition coefficient (Wildman–Crippen LogP) is 2.10. The van der Waals surface area contributed by atoms with Crippen molar-refractivity contribution in [2.45, 2.75) is 19.8 Å². The molecule has 1 N–H and O–H groups in total. The molecule has 1 aliphatic rings. The molecule has 0 atom stereocenters. The van der Waals surface area contributed by atoms with Crippen LogP contribution in [0.2, 0.25) is 0 Å². The van der Waals surface area contributed by atoms with Crippen molar-refractivity contribution in [2.24, 2.45) is 5.92 Å². The van der Waals surface area contributed by atoms with E-state index in [1.807, 2.05) is 4.90 Å². The molecule has 1 aliphatic heterocycles. The number of carboxylic acids is 1. The van der Waals surface area contributed by atoms with Gasteiger partial charge >= 0.3 is 5.97 Å². The molecule has 112 valence electrons. The maximum absolute atomic E-state index is 11.3. The molecule has 1 heterocycles. The lowest BCUT2D eigenvalue weighted by atomic mass is 9.96. The van der Waals surface area contributed by atoms with Crippen molar-refractivity contribution < 1.29 is 19.6 Å². The fourth-order valence-electron chi connectivity index (χ4n) is 2.52. The number of carbonyl (C=O) groups is 2. The first-order valence-corrected chi connectivity index (χ1v) is 6.67. The van der Waals surface area contributed by atoms with Gasteiger partial charge in [-0.15, -0.1) is 0 Å². The van der Waals surface area contributed by atoms with Gasteiger partial charge in [0.05, 0.1) is 10.8 Å². The standard InChI is InChI=1S/C14H16N2O5/c1-9(17)11-2-3-12(13(8-11)16(20)21)15-6-4-10(5-7-15)14(18)19/h2-3,8,10H,4-7H2,1H3,(H,18,19). The monoisotopic (exact) mass is 292 g/mol. The van der Waals surface area contributed by atoms with Crippen LogP contribution in [0.1, 0.15) is 30.1 Å². The number of Topliss-reactive ketones (excluding diaryl/α,β-unsaturated/α-hetero) is 1. The molecule has 7 heteroatoms. The maximum Gasteiger partial charge on any atom is 0.306 e. The van der Waals surface area contributed by atoms with Gasteiger partial charge in [0, 0.05) is 24.7 Å². The molecule has 0 radical (unpaired) electrons. The molecule has 0 spiro atoms. The first-order valence-electron chi connectivity index (χ1n) is 6.67. The van der Waals surface area contributed by atoms with Crippen molar-refractivity contribution in [2.75, 3.05) is 18.0 Å². The van der Waals surface area contributed by atoms with Crippen LogP contribution < -0.4 is 4.90 Å². The predicted molar refractivity (Wildman–Crippen MR) is 75.7 cm³/mol. The molecule has 1 saturated heterocycles. The Hall–Kier alpha value is -2.44. The van der Waals surface area contributed by atoms with E-state index >= 15 is 0 Å². The average molecular weight is 292 g/mol. The van der Waals surface area contributed by atoms with Gasteiger partial charge in [-0.25, -0.2) is 0 Å². The zero-order valence-corrected chi connectivity index (χ0v) is 11.6. The second-order valence-corrected chi connectivity index (χ2v) is 5.12. The highest BCUT2D eigenvalue weighted by Gasteiger charge is 2.28. The van der Waals surface area contributed by atoms with E-state index in [1.54, 1.807) is 12.1 Å². The number of ketones is 1. The normalized spacial score (nSPS) is 15.8. The average Bonchev–Trinajstić information content (AvgIpc) is 2.46. The van der Waals surface area contributed by atoms with Crippen molar-refractivity contribution in [1.82, 2.24) is 0 Å². The molecular formula is C14H16N2O5. The van der Waals surface area contributed by atoms with Crippen molar-refractivity contribution in [3.05, 3.63) is 33.9 Å². The van der Waals surface area contributed by atoms with Crippen LogP contribution in [0.15, 0.2) is 18.2 Å². The number of rotatable bonds is 4. The van der Waals surface area contributed by atoms with Crippen LogP contribution in [0.5, 0.6) is 0 Å². The van der Waals surface area contributed by atoms with Crippen molar-refractivity contribution in [3.63, 3.8) is 0 Å². The van der Waals surface area contributed by atoms with E-state index in [4.69, 9.17) is 5.11 Å². The molecule has 1 aromatic carbocycles. The second kappa shape index (κ2) is 5.90. The van der Waals surface area contributed by atoms with Gasteiger partial charge in [-0.05, 0) is 31.9 Å². The number of aliphatic carboxylic acids is 1. The summed E-state index contributed by atoms with van der Waals surface area (Å²) in [7, 11) is 0. The Labute approximate surface area is 121 Å². The van der Waals surface area contributed by atoms with Crippen LogP contribution in [0, 0.1) is 16.0 Å². The van der Waals surface area contributed by atoms with Crippen LogP contribution in [0.25, 0.3) is 0 Å². The number of piperidine rings is 1. The van der Waals surface area contributed by atoms with Gasteiger partial charge in [0.15, 0.2) is 5.78 Å². The highest BCUT2D eigenvalue weighted by Crippen LogP contribution is 2.32. The minimum atomic E-state index is -0.823.